The number of benzene rings is 2. The molecule has 2 aromatic rings. The van der Waals surface area contributed by atoms with E-state index in [1.807, 2.05) is 0 Å². The molecule has 2 aromatic carbocycles. The zero-order valence-corrected chi connectivity index (χ0v) is 15.3. The molecule has 148 valence electrons. The molecule has 1 aliphatic rings. The Bertz CT molecular complexity index is 1060. The van der Waals surface area contributed by atoms with Crippen LogP contribution in [0.25, 0.3) is 0 Å². The standard InChI is InChI=1S/C19H16N4O6/c1-21(9-11-4-2-5-12(8-11)17(20)25)15(24)10-22-18(26)13-6-3-7-14(23(28)29)16(13)19(22)27/h2-8H,9-10H2,1H3,(H2,20,25). The number of hydrogen-bond donors (Lipinski definition) is 1. The van der Waals surface area contributed by atoms with Crippen LogP contribution in [-0.4, -0.2) is 51.9 Å². The fourth-order valence-electron chi connectivity index (χ4n) is 3.05. The van der Waals surface area contributed by atoms with E-state index in [9.17, 15) is 29.3 Å². The van der Waals surface area contributed by atoms with Gasteiger partial charge in [-0.2, -0.15) is 0 Å². The third kappa shape index (κ3) is 3.68. The smallest absolute Gasteiger partial charge is 0.282 e. The first-order valence-corrected chi connectivity index (χ1v) is 8.47. The predicted octanol–water partition coefficient (Wildman–Crippen LogP) is 0.948. The van der Waals surface area contributed by atoms with Crippen LogP contribution >= 0.6 is 0 Å². The molecule has 0 saturated heterocycles. The molecule has 0 saturated carbocycles. The lowest BCUT2D eigenvalue weighted by Gasteiger charge is -2.21. The van der Waals surface area contributed by atoms with Crippen molar-refractivity contribution < 1.29 is 24.1 Å². The second-order valence-corrected chi connectivity index (χ2v) is 6.47. The molecule has 1 aliphatic heterocycles. The molecule has 0 aromatic heterocycles. The van der Waals surface area contributed by atoms with E-state index in [1.54, 1.807) is 18.2 Å². The lowest BCUT2D eigenvalue weighted by atomic mass is 10.1. The van der Waals surface area contributed by atoms with E-state index in [2.05, 4.69) is 0 Å². The topological polar surface area (TPSA) is 144 Å². The number of nitrogens with zero attached hydrogens (tertiary/aromatic N) is 3. The number of carbonyl (C=O) groups excluding carboxylic acids is 4. The zero-order valence-electron chi connectivity index (χ0n) is 15.3. The first-order valence-electron chi connectivity index (χ1n) is 8.47. The molecule has 1 heterocycles. The number of imide groups is 1. The Kier molecular flexibility index (Phi) is 5.09. The summed E-state index contributed by atoms with van der Waals surface area (Å²) in [6.07, 6.45) is 0. The summed E-state index contributed by atoms with van der Waals surface area (Å²) in [5.74, 6) is -2.79. The number of carbonyl (C=O) groups is 4. The molecule has 29 heavy (non-hydrogen) atoms. The maximum Gasteiger partial charge on any atom is 0.282 e. The van der Waals surface area contributed by atoms with E-state index < -0.39 is 40.8 Å². The summed E-state index contributed by atoms with van der Waals surface area (Å²) < 4.78 is 0. The van der Waals surface area contributed by atoms with Crippen molar-refractivity contribution in [2.75, 3.05) is 13.6 Å². The molecular formula is C19H16N4O6. The normalized spacial score (nSPS) is 12.7. The Balaban J connectivity index is 1.75. The summed E-state index contributed by atoms with van der Waals surface area (Å²) >= 11 is 0. The first kappa shape index (κ1) is 19.7. The van der Waals surface area contributed by atoms with Gasteiger partial charge in [-0.3, -0.25) is 34.2 Å². The summed E-state index contributed by atoms with van der Waals surface area (Å²) in [5.41, 5.74) is 5.27. The predicted molar refractivity (Wildman–Crippen MR) is 99.9 cm³/mol. The lowest BCUT2D eigenvalue weighted by Crippen LogP contribution is -2.41. The number of nitrogens with two attached hydrogens (primary N) is 1. The minimum Gasteiger partial charge on any atom is -0.366 e. The molecule has 0 unspecified atom stereocenters. The monoisotopic (exact) mass is 396 g/mol. The van der Waals surface area contributed by atoms with Crippen molar-refractivity contribution in [3.05, 3.63) is 74.8 Å². The summed E-state index contributed by atoms with van der Waals surface area (Å²) in [7, 11) is 1.47. The van der Waals surface area contributed by atoms with Gasteiger partial charge in [-0.15, -0.1) is 0 Å². The molecular weight excluding hydrogens is 380 g/mol. The van der Waals surface area contributed by atoms with Crippen LogP contribution < -0.4 is 5.73 Å². The summed E-state index contributed by atoms with van der Waals surface area (Å²) in [5, 5.41) is 11.1. The molecule has 4 amide bonds. The average molecular weight is 396 g/mol. The lowest BCUT2D eigenvalue weighted by molar-refractivity contribution is -0.385. The Morgan fingerprint density at radius 2 is 1.83 bits per heavy atom. The van der Waals surface area contributed by atoms with Gasteiger partial charge in [0.1, 0.15) is 12.1 Å². The van der Waals surface area contributed by atoms with E-state index in [1.165, 1.54) is 30.1 Å². The molecule has 10 heteroatoms. The van der Waals surface area contributed by atoms with Crippen molar-refractivity contribution in [2.45, 2.75) is 6.54 Å². The highest BCUT2D eigenvalue weighted by Crippen LogP contribution is 2.30. The van der Waals surface area contributed by atoms with Crippen LogP contribution in [0.3, 0.4) is 0 Å². The fourth-order valence-corrected chi connectivity index (χ4v) is 3.05. The van der Waals surface area contributed by atoms with Crippen molar-refractivity contribution in [3.8, 4) is 0 Å². The number of rotatable bonds is 6. The van der Waals surface area contributed by atoms with Crippen LogP contribution in [0.2, 0.25) is 0 Å². The Hall–Kier alpha value is -4.08. The number of hydrogen-bond acceptors (Lipinski definition) is 6. The van der Waals surface area contributed by atoms with E-state index >= 15 is 0 Å². The molecule has 10 nitrogen and oxygen atoms in total. The Morgan fingerprint density at radius 1 is 1.14 bits per heavy atom. The molecule has 2 N–H and O–H groups in total. The molecule has 0 radical (unpaired) electrons. The zero-order chi connectivity index (χ0) is 21.3. The molecule has 0 aliphatic carbocycles. The number of fused-ring (bicyclic) bond motifs is 1. The van der Waals surface area contributed by atoms with Crippen molar-refractivity contribution in [1.82, 2.24) is 9.80 Å². The van der Waals surface area contributed by atoms with Gasteiger partial charge in [0.2, 0.25) is 11.8 Å². The Labute approximate surface area is 164 Å². The van der Waals surface area contributed by atoms with E-state index in [0.717, 1.165) is 6.07 Å². The molecule has 3 rings (SSSR count). The second-order valence-electron chi connectivity index (χ2n) is 6.47. The number of nitro groups is 1. The molecule has 0 atom stereocenters. The number of likely N-dealkylation sites (N-methyl/N-ethyl adjacent to an activating group) is 1. The van der Waals surface area contributed by atoms with Gasteiger partial charge in [0.05, 0.1) is 10.5 Å². The summed E-state index contributed by atoms with van der Waals surface area (Å²) in [6, 6.07) is 10.2. The third-order valence-corrected chi connectivity index (χ3v) is 4.52. The van der Waals surface area contributed by atoms with Crippen LogP contribution in [0.15, 0.2) is 42.5 Å². The largest absolute Gasteiger partial charge is 0.366 e. The van der Waals surface area contributed by atoms with Crippen LogP contribution in [0.5, 0.6) is 0 Å². The first-order chi connectivity index (χ1) is 13.7. The van der Waals surface area contributed by atoms with E-state index in [0.29, 0.717) is 10.5 Å². The van der Waals surface area contributed by atoms with Gasteiger partial charge in [-0.05, 0) is 23.8 Å². The highest BCUT2D eigenvalue weighted by Gasteiger charge is 2.41. The van der Waals surface area contributed by atoms with E-state index in [-0.39, 0.29) is 23.2 Å². The van der Waals surface area contributed by atoms with Crippen molar-refractivity contribution in [2.24, 2.45) is 5.73 Å². The van der Waals surface area contributed by atoms with Gasteiger partial charge in [0, 0.05) is 25.2 Å². The SMILES string of the molecule is CN(Cc1cccc(C(N)=O)c1)C(=O)CN1C(=O)c2cccc([N+](=O)[O-])c2C1=O. The van der Waals surface area contributed by atoms with Gasteiger partial charge in [0.25, 0.3) is 17.5 Å². The van der Waals surface area contributed by atoms with Gasteiger partial charge in [-0.1, -0.05) is 18.2 Å². The average Bonchev–Trinajstić information content (AvgIpc) is 2.93. The van der Waals surface area contributed by atoms with E-state index in [4.69, 9.17) is 5.73 Å². The highest BCUT2D eigenvalue weighted by atomic mass is 16.6. The third-order valence-electron chi connectivity index (χ3n) is 4.52. The number of amides is 4. The highest BCUT2D eigenvalue weighted by molar-refractivity contribution is 6.24. The number of primary amides is 1. The van der Waals surface area contributed by atoms with Gasteiger partial charge in [0.15, 0.2) is 0 Å². The quantitative estimate of drug-likeness (QED) is 0.437. The van der Waals surface area contributed by atoms with Crippen LogP contribution in [0.1, 0.15) is 36.6 Å². The molecule has 0 spiro atoms. The van der Waals surface area contributed by atoms with Gasteiger partial charge in [-0.25, -0.2) is 0 Å². The maximum atomic E-state index is 12.5. The fraction of sp³-hybridized carbons (Fsp3) is 0.158. The second kappa shape index (κ2) is 7.50. The molecule has 0 fully saturated rings. The summed E-state index contributed by atoms with van der Waals surface area (Å²) in [4.78, 5) is 61.2. The van der Waals surface area contributed by atoms with Crippen molar-refractivity contribution in [1.29, 1.82) is 0 Å². The van der Waals surface area contributed by atoms with Crippen LogP contribution in [-0.2, 0) is 11.3 Å². The van der Waals surface area contributed by atoms with Gasteiger partial charge >= 0.3 is 0 Å². The summed E-state index contributed by atoms with van der Waals surface area (Å²) in [6.45, 7) is -0.446. The van der Waals surface area contributed by atoms with Gasteiger partial charge < -0.3 is 10.6 Å². The van der Waals surface area contributed by atoms with Crippen LogP contribution in [0.4, 0.5) is 5.69 Å². The minimum absolute atomic E-state index is 0.103. The number of nitro benzene ring substituents is 1. The Morgan fingerprint density at radius 3 is 2.48 bits per heavy atom. The maximum absolute atomic E-state index is 12.5. The molecule has 0 bridgehead atoms. The minimum atomic E-state index is -0.880. The van der Waals surface area contributed by atoms with Crippen LogP contribution in [0, 0.1) is 10.1 Å². The van der Waals surface area contributed by atoms with Crippen molar-refractivity contribution in [3.63, 3.8) is 0 Å². The van der Waals surface area contributed by atoms with Crippen molar-refractivity contribution >= 4 is 29.3 Å².